The van der Waals surface area contributed by atoms with E-state index >= 15 is 0 Å². The van der Waals surface area contributed by atoms with Crippen LogP contribution in [0.3, 0.4) is 0 Å². The Balaban J connectivity index is 2.37. The van der Waals surface area contributed by atoms with Gasteiger partial charge in [0.25, 0.3) is 0 Å². The fourth-order valence-electron chi connectivity index (χ4n) is 3.39. The summed E-state index contributed by atoms with van der Waals surface area (Å²) in [6.45, 7) is 13.1. The van der Waals surface area contributed by atoms with E-state index in [2.05, 4.69) is 63.5 Å². The molecule has 0 N–H and O–H groups in total. The summed E-state index contributed by atoms with van der Waals surface area (Å²) < 4.78 is 0. The second-order valence-corrected chi connectivity index (χ2v) is 7.13. The fourth-order valence-corrected chi connectivity index (χ4v) is 3.39. The molecule has 0 spiro atoms. The quantitative estimate of drug-likeness (QED) is 0.364. The molecule has 0 atom stereocenters. The maximum Gasteiger partial charge on any atom is 0.0106 e. The van der Waals surface area contributed by atoms with E-state index in [1.54, 1.807) is 0 Å². The lowest BCUT2D eigenvalue weighted by atomic mass is 9.91. The van der Waals surface area contributed by atoms with Gasteiger partial charge in [0.15, 0.2) is 0 Å². The van der Waals surface area contributed by atoms with E-state index < -0.39 is 0 Å². The Morgan fingerprint density at radius 2 is 1.79 bits per heavy atom. The topological polar surface area (TPSA) is 3.24 Å². The van der Waals surface area contributed by atoms with Crippen molar-refractivity contribution < 1.29 is 0 Å². The Morgan fingerprint density at radius 3 is 2.46 bits per heavy atom. The van der Waals surface area contributed by atoms with Gasteiger partial charge >= 0.3 is 0 Å². The first-order valence-corrected chi connectivity index (χ1v) is 9.70. The molecule has 0 aromatic carbocycles. The summed E-state index contributed by atoms with van der Waals surface area (Å²) in [7, 11) is 2.07. The number of nitrogens with zero attached hydrogens (tertiary/aromatic N) is 1. The van der Waals surface area contributed by atoms with Gasteiger partial charge in [0.2, 0.25) is 0 Å². The highest BCUT2D eigenvalue weighted by Crippen LogP contribution is 2.25. The molecule has 0 aromatic heterocycles. The van der Waals surface area contributed by atoms with Crippen LogP contribution >= 0.6 is 0 Å². The average molecular weight is 328 g/mol. The Morgan fingerprint density at radius 1 is 1.08 bits per heavy atom. The van der Waals surface area contributed by atoms with Crippen LogP contribution in [0.4, 0.5) is 0 Å². The third kappa shape index (κ3) is 8.38. The van der Waals surface area contributed by atoms with Gasteiger partial charge in [-0.15, -0.1) is 0 Å². The molecule has 1 heteroatoms. The van der Waals surface area contributed by atoms with Crippen LogP contribution in [0.2, 0.25) is 0 Å². The first kappa shape index (κ1) is 20.5. The first-order chi connectivity index (χ1) is 11.6. The maximum absolute atomic E-state index is 4.31. The van der Waals surface area contributed by atoms with Crippen molar-refractivity contribution in [2.75, 3.05) is 7.05 Å². The smallest absolute Gasteiger partial charge is 0.0106 e. The van der Waals surface area contributed by atoms with Gasteiger partial charge < -0.3 is 4.90 Å². The van der Waals surface area contributed by atoms with Gasteiger partial charge in [0.1, 0.15) is 0 Å². The van der Waals surface area contributed by atoms with Crippen molar-refractivity contribution in [1.29, 1.82) is 0 Å². The highest BCUT2D eigenvalue weighted by Gasteiger charge is 2.08. The van der Waals surface area contributed by atoms with Crippen molar-refractivity contribution in [3.8, 4) is 0 Å². The molecule has 1 nitrogen and oxygen atoms in total. The number of allylic oxidation sites excluding steroid dienone is 6. The van der Waals surface area contributed by atoms with Crippen molar-refractivity contribution in [1.82, 2.24) is 4.90 Å². The monoisotopic (exact) mass is 327 g/mol. The summed E-state index contributed by atoms with van der Waals surface area (Å²) in [6, 6.07) is 0. The van der Waals surface area contributed by atoms with Crippen LogP contribution in [0.25, 0.3) is 0 Å². The van der Waals surface area contributed by atoms with Gasteiger partial charge in [0, 0.05) is 19.4 Å². The van der Waals surface area contributed by atoms with E-state index in [-0.39, 0.29) is 0 Å². The zero-order chi connectivity index (χ0) is 17.8. The minimum absolute atomic E-state index is 0.923. The molecule has 0 radical (unpaired) electrons. The predicted octanol–water partition coefficient (Wildman–Crippen LogP) is 7.16. The molecule has 0 unspecified atom stereocenters. The Hall–Kier alpha value is -1.50. The van der Waals surface area contributed by atoms with Gasteiger partial charge in [-0.3, -0.25) is 0 Å². The highest BCUT2D eigenvalue weighted by molar-refractivity contribution is 5.39. The number of hydrogen-bond donors (Lipinski definition) is 0. The van der Waals surface area contributed by atoms with E-state index in [1.165, 1.54) is 56.1 Å². The normalized spacial score (nSPS) is 19.6. The lowest BCUT2D eigenvalue weighted by Crippen LogP contribution is -2.04. The molecule has 1 heterocycles. The van der Waals surface area contributed by atoms with Crippen LogP contribution < -0.4 is 0 Å². The van der Waals surface area contributed by atoms with Crippen LogP contribution in [0, 0.1) is 5.92 Å². The first-order valence-electron chi connectivity index (χ1n) is 9.70. The zero-order valence-electron chi connectivity index (χ0n) is 16.2. The number of hydrogen-bond acceptors (Lipinski definition) is 1. The molecule has 0 aliphatic carbocycles. The fraction of sp³-hybridized carbons (Fsp3) is 0.565. The SMILES string of the molecule is C=C(CCCC(CCC)CCC)CC/C1=C/N(C)/C=C\C=C/C1=C. The molecule has 134 valence electrons. The summed E-state index contributed by atoms with van der Waals surface area (Å²) in [5, 5.41) is 0. The average Bonchev–Trinajstić information content (AvgIpc) is 2.54. The Labute approximate surface area is 150 Å². The molecular weight excluding hydrogens is 290 g/mol. The van der Waals surface area contributed by atoms with Crippen molar-refractivity contribution in [2.24, 2.45) is 5.92 Å². The van der Waals surface area contributed by atoms with Crippen LogP contribution in [0.5, 0.6) is 0 Å². The molecule has 0 saturated heterocycles. The summed E-state index contributed by atoms with van der Waals surface area (Å²) in [4.78, 5) is 2.10. The summed E-state index contributed by atoms with van der Waals surface area (Å²) in [6.07, 6.45) is 21.8. The molecule has 0 bridgehead atoms. The molecule has 1 aliphatic rings. The second-order valence-electron chi connectivity index (χ2n) is 7.13. The van der Waals surface area contributed by atoms with Gasteiger partial charge in [-0.1, -0.05) is 76.8 Å². The predicted molar refractivity (Wildman–Crippen MR) is 109 cm³/mol. The van der Waals surface area contributed by atoms with E-state index in [0.717, 1.165) is 24.3 Å². The molecule has 0 amide bonds. The molecule has 1 aliphatic heterocycles. The van der Waals surface area contributed by atoms with Crippen LogP contribution in [-0.4, -0.2) is 11.9 Å². The van der Waals surface area contributed by atoms with E-state index in [9.17, 15) is 0 Å². The molecular formula is C23H37N. The van der Waals surface area contributed by atoms with Crippen LogP contribution in [0.15, 0.2) is 60.5 Å². The highest BCUT2D eigenvalue weighted by atomic mass is 15.0. The molecule has 0 fully saturated rings. The summed E-state index contributed by atoms with van der Waals surface area (Å²) in [5.41, 5.74) is 3.82. The minimum atomic E-state index is 0.923. The van der Waals surface area contributed by atoms with Gasteiger partial charge in [0.05, 0.1) is 0 Å². The zero-order valence-corrected chi connectivity index (χ0v) is 16.2. The Bertz CT molecular complexity index is 472. The molecule has 0 aromatic rings. The van der Waals surface area contributed by atoms with Crippen LogP contribution in [0.1, 0.15) is 71.6 Å². The third-order valence-corrected chi connectivity index (χ3v) is 4.79. The van der Waals surface area contributed by atoms with E-state index in [1.807, 2.05) is 6.08 Å². The molecule has 24 heavy (non-hydrogen) atoms. The standard InChI is InChI=1S/C23H37N/c1-6-11-22(12-7-2)15-10-13-20(3)16-17-23-19-24(5)18-9-8-14-21(23)4/h8-9,14,18-19,22H,3-4,6-7,10-13,15-17H2,1-2,5H3/b14-8-,18-9-,23-19-. The van der Waals surface area contributed by atoms with Crippen molar-refractivity contribution in [3.05, 3.63) is 60.5 Å². The lowest BCUT2D eigenvalue weighted by Gasteiger charge is -2.17. The van der Waals surface area contributed by atoms with Crippen molar-refractivity contribution in [2.45, 2.75) is 71.6 Å². The van der Waals surface area contributed by atoms with Gasteiger partial charge in [-0.2, -0.15) is 0 Å². The maximum atomic E-state index is 4.31. The van der Waals surface area contributed by atoms with Gasteiger partial charge in [-0.25, -0.2) is 0 Å². The summed E-state index contributed by atoms with van der Waals surface area (Å²) in [5.74, 6) is 0.923. The lowest BCUT2D eigenvalue weighted by molar-refractivity contribution is 0.399. The molecule has 0 saturated carbocycles. The third-order valence-electron chi connectivity index (χ3n) is 4.79. The Kier molecular flexibility index (Phi) is 10.2. The van der Waals surface area contributed by atoms with E-state index in [0.29, 0.717) is 0 Å². The summed E-state index contributed by atoms with van der Waals surface area (Å²) >= 11 is 0. The van der Waals surface area contributed by atoms with Crippen molar-refractivity contribution in [3.63, 3.8) is 0 Å². The minimum Gasteiger partial charge on any atom is -0.357 e. The molecule has 1 rings (SSSR count). The van der Waals surface area contributed by atoms with Crippen LogP contribution in [-0.2, 0) is 0 Å². The van der Waals surface area contributed by atoms with Crippen molar-refractivity contribution >= 4 is 0 Å². The second kappa shape index (κ2) is 11.9. The van der Waals surface area contributed by atoms with Gasteiger partial charge in [-0.05, 0) is 48.8 Å². The van der Waals surface area contributed by atoms with E-state index in [4.69, 9.17) is 0 Å². The largest absolute Gasteiger partial charge is 0.357 e. The number of rotatable bonds is 11.